The van der Waals surface area contributed by atoms with E-state index in [1.807, 2.05) is 18.2 Å². The van der Waals surface area contributed by atoms with E-state index in [1.54, 1.807) is 11.8 Å². The maximum absolute atomic E-state index is 12.1. The molecule has 1 aromatic carbocycles. The van der Waals surface area contributed by atoms with Gasteiger partial charge in [-0.05, 0) is 19.1 Å². The molecule has 1 heterocycles. The number of carbonyl (C=O) groups is 1. The fraction of sp³-hybridized carbons (Fsp3) is 0.462. The summed E-state index contributed by atoms with van der Waals surface area (Å²) in [6.45, 7) is 6.52. The molecule has 1 amide bonds. The molecule has 1 aromatic rings. The molecular weight excluding hydrogens is 271 g/mol. The molecule has 0 saturated carbocycles. The largest absolute Gasteiger partial charge is 0.320 e. The first-order valence-corrected chi connectivity index (χ1v) is 6.08. The summed E-state index contributed by atoms with van der Waals surface area (Å²) < 4.78 is 0. The Morgan fingerprint density at radius 2 is 2.11 bits per heavy atom. The van der Waals surface area contributed by atoms with Gasteiger partial charge in [0.15, 0.2) is 0 Å². The van der Waals surface area contributed by atoms with E-state index in [4.69, 9.17) is 17.3 Å². The number of nitrogens with two attached hydrogens (primary N) is 1. The molecule has 3 nitrogen and oxygen atoms in total. The number of anilines is 1. The van der Waals surface area contributed by atoms with Gasteiger partial charge < -0.3 is 10.6 Å². The summed E-state index contributed by atoms with van der Waals surface area (Å²) in [7, 11) is 0. The summed E-state index contributed by atoms with van der Waals surface area (Å²) >= 11 is 6.23. The molecule has 0 aromatic heterocycles. The van der Waals surface area contributed by atoms with E-state index in [9.17, 15) is 4.79 Å². The minimum absolute atomic E-state index is 0. The third-order valence-corrected chi connectivity index (χ3v) is 3.48. The molecule has 0 fully saturated rings. The van der Waals surface area contributed by atoms with Crippen LogP contribution in [0.3, 0.4) is 0 Å². The van der Waals surface area contributed by atoms with Crippen LogP contribution in [0.5, 0.6) is 0 Å². The Kier molecular flexibility index (Phi) is 4.31. The molecule has 1 aliphatic heterocycles. The molecule has 0 spiro atoms. The van der Waals surface area contributed by atoms with Crippen molar-refractivity contribution in [2.75, 3.05) is 11.4 Å². The van der Waals surface area contributed by atoms with Crippen molar-refractivity contribution in [2.24, 2.45) is 5.73 Å². The molecule has 0 radical (unpaired) electrons. The zero-order chi connectivity index (χ0) is 12.8. The lowest BCUT2D eigenvalue weighted by atomic mass is 9.87. The minimum Gasteiger partial charge on any atom is -0.320 e. The fourth-order valence-electron chi connectivity index (χ4n) is 2.41. The summed E-state index contributed by atoms with van der Waals surface area (Å²) in [6.07, 6.45) is 0. The Balaban J connectivity index is 0.00000162. The predicted octanol–water partition coefficient (Wildman–Crippen LogP) is 2.73. The summed E-state index contributed by atoms with van der Waals surface area (Å²) in [5.74, 6) is -0.0564. The van der Waals surface area contributed by atoms with E-state index < -0.39 is 6.04 Å². The van der Waals surface area contributed by atoms with Crippen LogP contribution in [-0.2, 0) is 10.2 Å². The first kappa shape index (κ1) is 15.3. The molecule has 2 rings (SSSR count). The maximum atomic E-state index is 12.1. The average molecular weight is 289 g/mol. The van der Waals surface area contributed by atoms with Gasteiger partial charge >= 0.3 is 0 Å². The maximum Gasteiger partial charge on any atom is 0.243 e. The van der Waals surface area contributed by atoms with E-state index in [2.05, 4.69) is 13.8 Å². The Hall–Kier alpha value is -0.770. The number of halogens is 2. The first-order chi connectivity index (χ1) is 7.84. The van der Waals surface area contributed by atoms with Crippen molar-refractivity contribution in [1.29, 1.82) is 0 Å². The predicted molar refractivity (Wildman–Crippen MR) is 77.7 cm³/mol. The van der Waals surface area contributed by atoms with Crippen LogP contribution in [0.25, 0.3) is 0 Å². The third-order valence-electron chi connectivity index (χ3n) is 3.17. The molecule has 2 N–H and O–H groups in total. The molecular formula is C13H18Cl2N2O. The highest BCUT2D eigenvalue weighted by atomic mass is 35.5. The summed E-state index contributed by atoms with van der Waals surface area (Å²) in [5, 5.41) is 0.715. The van der Waals surface area contributed by atoms with Gasteiger partial charge in [0, 0.05) is 28.2 Å². The van der Waals surface area contributed by atoms with Gasteiger partial charge in [-0.1, -0.05) is 31.5 Å². The molecule has 0 bridgehead atoms. The lowest BCUT2D eigenvalue weighted by Crippen LogP contribution is -2.43. The number of carbonyl (C=O) groups excluding carboxylic acids is 1. The van der Waals surface area contributed by atoms with Crippen LogP contribution in [0.15, 0.2) is 18.2 Å². The summed E-state index contributed by atoms with van der Waals surface area (Å²) in [6, 6.07) is 5.16. The van der Waals surface area contributed by atoms with Crippen molar-refractivity contribution in [3.63, 3.8) is 0 Å². The number of fused-ring (bicyclic) bond motifs is 1. The average Bonchev–Trinajstić information content (AvgIpc) is 2.51. The monoisotopic (exact) mass is 288 g/mol. The molecule has 5 heteroatoms. The van der Waals surface area contributed by atoms with Crippen molar-refractivity contribution in [1.82, 2.24) is 0 Å². The molecule has 0 aliphatic carbocycles. The zero-order valence-electron chi connectivity index (χ0n) is 10.7. The van der Waals surface area contributed by atoms with Crippen LogP contribution in [0.4, 0.5) is 5.69 Å². The van der Waals surface area contributed by atoms with Gasteiger partial charge in [0.2, 0.25) is 5.91 Å². The quantitative estimate of drug-likeness (QED) is 0.864. The summed E-state index contributed by atoms with van der Waals surface area (Å²) in [4.78, 5) is 13.8. The highest BCUT2D eigenvalue weighted by molar-refractivity contribution is 6.32. The second kappa shape index (κ2) is 5.08. The van der Waals surface area contributed by atoms with Crippen LogP contribution in [0, 0.1) is 0 Å². The van der Waals surface area contributed by atoms with Crippen LogP contribution < -0.4 is 10.6 Å². The number of rotatable bonds is 1. The van der Waals surface area contributed by atoms with E-state index in [1.165, 1.54) is 0 Å². The number of nitrogens with zero attached hydrogens (tertiary/aromatic N) is 1. The lowest BCUT2D eigenvalue weighted by Gasteiger charge is -2.22. The highest BCUT2D eigenvalue weighted by Crippen LogP contribution is 2.44. The van der Waals surface area contributed by atoms with E-state index in [0.717, 1.165) is 11.3 Å². The van der Waals surface area contributed by atoms with Gasteiger partial charge in [-0.15, -0.1) is 12.4 Å². The standard InChI is InChI=1S/C13H17ClN2O.ClH/c1-8(15)12(17)16-7-13(2,3)11-9(14)5-4-6-10(11)16;/h4-6,8H,7,15H2,1-3H3;1H/t8-;/m0./s1. The number of amides is 1. The minimum atomic E-state index is -0.490. The van der Waals surface area contributed by atoms with Gasteiger partial charge in [0.25, 0.3) is 0 Å². The van der Waals surface area contributed by atoms with Gasteiger partial charge in [-0.3, -0.25) is 4.79 Å². The third kappa shape index (κ3) is 2.35. The number of hydrogen-bond donors (Lipinski definition) is 1. The second-order valence-electron chi connectivity index (χ2n) is 5.23. The van der Waals surface area contributed by atoms with E-state index >= 15 is 0 Å². The van der Waals surface area contributed by atoms with Crippen molar-refractivity contribution in [2.45, 2.75) is 32.2 Å². The van der Waals surface area contributed by atoms with Gasteiger partial charge in [-0.25, -0.2) is 0 Å². The normalized spacial score (nSPS) is 17.9. The van der Waals surface area contributed by atoms with Crippen LogP contribution in [-0.4, -0.2) is 18.5 Å². The SMILES string of the molecule is C[C@H](N)C(=O)N1CC(C)(C)c2c(Cl)cccc21.Cl. The van der Waals surface area contributed by atoms with Crippen molar-refractivity contribution in [3.8, 4) is 0 Å². The highest BCUT2D eigenvalue weighted by Gasteiger charge is 2.39. The van der Waals surface area contributed by atoms with Crippen LogP contribution in [0.1, 0.15) is 26.3 Å². The number of hydrogen-bond acceptors (Lipinski definition) is 2. The molecule has 0 unspecified atom stereocenters. The second-order valence-corrected chi connectivity index (χ2v) is 5.64. The Labute approximate surface area is 119 Å². The van der Waals surface area contributed by atoms with Crippen molar-refractivity contribution >= 4 is 35.6 Å². The lowest BCUT2D eigenvalue weighted by molar-refractivity contribution is -0.119. The fourth-order valence-corrected chi connectivity index (χ4v) is 2.83. The Morgan fingerprint density at radius 3 is 2.67 bits per heavy atom. The van der Waals surface area contributed by atoms with Crippen LogP contribution in [0.2, 0.25) is 5.02 Å². The number of benzene rings is 1. The molecule has 0 saturated heterocycles. The Morgan fingerprint density at radius 1 is 1.50 bits per heavy atom. The zero-order valence-corrected chi connectivity index (χ0v) is 12.3. The Bertz CT molecular complexity index is 472. The first-order valence-electron chi connectivity index (χ1n) is 5.70. The van der Waals surface area contributed by atoms with Crippen molar-refractivity contribution in [3.05, 3.63) is 28.8 Å². The van der Waals surface area contributed by atoms with E-state index in [-0.39, 0.29) is 23.7 Å². The molecule has 18 heavy (non-hydrogen) atoms. The van der Waals surface area contributed by atoms with E-state index in [0.29, 0.717) is 11.6 Å². The van der Waals surface area contributed by atoms with Crippen LogP contribution >= 0.6 is 24.0 Å². The molecule has 1 aliphatic rings. The van der Waals surface area contributed by atoms with Crippen molar-refractivity contribution < 1.29 is 4.79 Å². The molecule has 100 valence electrons. The summed E-state index contributed by atoms with van der Waals surface area (Å²) in [5.41, 5.74) is 7.48. The molecule has 1 atom stereocenters. The van der Waals surface area contributed by atoms with Gasteiger partial charge in [-0.2, -0.15) is 0 Å². The topological polar surface area (TPSA) is 46.3 Å². The van der Waals surface area contributed by atoms with Gasteiger partial charge in [0.1, 0.15) is 0 Å². The van der Waals surface area contributed by atoms with Gasteiger partial charge in [0.05, 0.1) is 6.04 Å². The smallest absolute Gasteiger partial charge is 0.243 e.